The number of carbonyl (C=O) groups excluding carboxylic acids is 1. The van der Waals surface area contributed by atoms with E-state index in [0.29, 0.717) is 27.9 Å². The van der Waals surface area contributed by atoms with Gasteiger partial charge in [-0.1, -0.05) is 47.6 Å². The summed E-state index contributed by atoms with van der Waals surface area (Å²) in [6.45, 7) is 0. The van der Waals surface area contributed by atoms with Crippen LogP contribution in [0.5, 0.6) is 5.75 Å². The van der Waals surface area contributed by atoms with Crippen molar-refractivity contribution in [2.45, 2.75) is 11.6 Å². The lowest BCUT2D eigenvalue weighted by molar-refractivity contribution is 0.102. The summed E-state index contributed by atoms with van der Waals surface area (Å²) in [4.78, 5) is 13.9. The Kier molecular flexibility index (Phi) is 6.52. The Morgan fingerprint density at radius 3 is 2.67 bits per heavy atom. The molecule has 0 spiro atoms. The van der Waals surface area contributed by atoms with Crippen LogP contribution in [-0.4, -0.2) is 33.4 Å². The Balaban J connectivity index is 1.57. The van der Waals surface area contributed by atoms with Gasteiger partial charge in [0.2, 0.25) is 0 Å². The van der Waals surface area contributed by atoms with Crippen LogP contribution >= 0.6 is 34.7 Å². The first kappa shape index (κ1) is 20.7. The van der Waals surface area contributed by atoms with Crippen LogP contribution in [0.2, 0.25) is 5.02 Å². The predicted octanol–water partition coefficient (Wildman–Crippen LogP) is 5.56. The van der Waals surface area contributed by atoms with Crippen LogP contribution < -0.4 is 4.74 Å². The van der Waals surface area contributed by atoms with E-state index in [1.165, 1.54) is 16.6 Å². The molecule has 0 aliphatic carbocycles. The molecule has 0 atom stereocenters. The number of hydrogen-bond acceptors (Lipinski definition) is 6. The number of carbonyl (C=O) groups is 1. The SMILES string of the molecule is COc1ccc(C(=O)CSc2nnc(Cc3cccs3)n2-c2ccccc2)cc1Cl. The van der Waals surface area contributed by atoms with E-state index >= 15 is 0 Å². The van der Waals surface area contributed by atoms with Gasteiger partial charge in [0.1, 0.15) is 11.6 Å². The number of rotatable bonds is 8. The normalized spacial score (nSPS) is 10.9. The van der Waals surface area contributed by atoms with Crippen LogP contribution in [0.25, 0.3) is 5.69 Å². The highest BCUT2D eigenvalue weighted by molar-refractivity contribution is 7.99. The van der Waals surface area contributed by atoms with Crippen molar-refractivity contribution in [1.82, 2.24) is 14.8 Å². The van der Waals surface area contributed by atoms with E-state index in [-0.39, 0.29) is 11.5 Å². The summed E-state index contributed by atoms with van der Waals surface area (Å²) in [6, 6.07) is 19.1. The Morgan fingerprint density at radius 1 is 1.13 bits per heavy atom. The van der Waals surface area contributed by atoms with Gasteiger partial charge in [0.05, 0.1) is 17.9 Å². The van der Waals surface area contributed by atoms with E-state index < -0.39 is 0 Å². The number of ether oxygens (including phenoxy) is 1. The number of para-hydroxylation sites is 1. The van der Waals surface area contributed by atoms with Gasteiger partial charge in [0.15, 0.2) is 10.9 Å². The van der Waals surface area contributed by atoms with E-state index in [0.717, 1.165) is 11.5 Å². The van der Waals surface area contributed by atoms with Crippen molar-refractivity contribution in [3.8, 4) is 11.4 Å². The summed E-state index contributed by atoms with van der Waals surface area (Å²) >= 11 is 9.21. The number of halogens is 1. The summed E-state index contributed by atoms with van der Waals surface area (Å²) in [5.41, 5.74) is 1.51. The maximum atomic E-state index is 12.7. The number of ketones is 1. The first-order valence-corrected chi connectivity index (χ1v) is 11.4. The maximum absolute atomic E-state index is 12.7. The molecular weight excluding hydrogens is 438 g/mol. The highest BCUT2D eigenvalue weighted by Gasteiger charge is 2.17. The third-order valence-corrected chi connectivity index (χ3v) is 6.53. The summed E-state index contributed by atoms with van der Waals surface area (Å²) in [5.74, 6) is 1.58. The van der Waals surface area contributed by atoms with Crippen LogP contribution in [0.1, 0.15) is 21.1 Å². The molecule has 0 saturated carbocycles. The van der Waals surface area contributed by atoms with Crippen LogP contribution in [-0.2, 0) is 6.42 Å². The first-order valence-electron chi connectivity index (χ1n) is 9.17. The van der Waals surface area contributed by atoms with Gasteiger partial charge in [0.25, 0.3) is 0 Å². The molecule has 0 unspecified atom stereocenters. The topological polar surface area (TPSA) is 57.0 Å². The van der Waals surface area contributed by atoms with Crippen molar-refractivity contribution < 1.29 is 9.53 Å². The number of methoxy groups -OCH3 is 1. The first-order chi connectivity index (χ1) is 14.7. The maximum Gasteiger partial charge on any atom is 0.196 e. The molecule has 0 N–H and O–H groups in total. The molecule has 0 saturated heterocycles. The van der Waals surface area contributed by atoms with Gasteiger partial charge in [0, 0.05) is 22.5 Å². The lowest BCUT2D eigenvalue weighted by Gasteiger charge is -2.10. The summed E-state index contributed by atoms with van der Waals surface area (Å²) < 4.78 is 7.16. The third-order valence-electron chi connectivity index (χ3n) is 4.43. The molecule has 4 rings (SSSR count). The molecule has 152 valence electrons. The van der Waals surface area contributed by atoms with Crippen molar-refractivity contribution in [2.75, 3.05) is 12.9 Å². The molecule has 0 aliphatic heterocycles. The van der Waals surface area contributed by atoms with Gasteiger partial charge < -0.3 is 4.74 Å². The number of aromatic nitrogens is 3. The summed E-state index contributed by atoms with van der Waals surface area (Å²) in [5, 5.41) is 11.9. The van der Waals surface area contributed by atoms with Crippen LogP contribution in [0.15, 0.2) is 71.2 Å². The monoisotopic (exact) mass is 455 g/mol. The summed E-state index contributed by atoms with van der Waals surface area (Å²) in [7, 11) is 1.54. The third kappa shape index (κ3) is 4.59. The Hall–Kier alpha value is -2.61. The molecule has 0 bridgehead atoms. The van der Waals surface area contributed by atoms with Gasteiger partial charge >= 0.3 is 0 Å². The van der Waals surface area contributed by atoms with Crippen molar-refractivity contribution >= 4 is 40.5 Å². The zero-order chi connectivity index (χ0) is 20.9. The molecule has 2 aromatic heterocycles. The number of Topliss-reactive ketones (excluding diaryl/α,β-unsaturated/α-hetero) is 1. The largest absolute Gasteiger partial charge is 0.495 e. The molecular formula is C22H18ClN3O2S2. The lowest BCUT2D eigenvalue weighted by atomic mass is 10.1. The van der Waals surface area contributed by atoms with Gasteiger partial charge in [-0.05, 0) is 41.8 Å². The minimum atomic E-state index is -0.0352. The second-order valence-electron chi connectivity index (χ2n) is 6.39. The van der Waals surface area contributed by atoms with Gasteiger partial charge in [-0.3, -0.25) is 9.36 Å². The number of thioether (sulfide) groups is 1. The fraction of sp³-hybridized carbons (Fsp3) is 0.136. The smallest absolute Gasteiger partial charge is 0.196 e. The Labute approximate surface area is 187 Å². The quantitative estimate of drug-likeness (QED) is 0.257. The second kappa shape index (κ2) is 9.47. The van der Waals surface area contributed by atoms with E-state index in [1.54, 1.807) is 36.6 Å². The van der Waals surface area contributed by atoms with Crippen LogP contribution in [0.4, 0.5) is 0 Å². The highest BCUT2D eigenvalue weighted by atomic mass is 35.5. The van der Waals surface area contributed by atoms with Crippen molar-refractivity contribution in [2.24, 2.45) is 0 Å². The van der Waals surface area contributed by atoms with E-state index in [2.05, 4.69) is 16.3 Å². The molecule has 2 heterocycles. The van der Waals surface area contributed by atoms with Crippen molar-refractivity contribution in [3.63, 3.8) is 0 Å². The summed E-state index contributed by atoms with van der Waals surface area (Å²) in [6.07, 6.45) is 0.683. The van der Waals surface area contributed by atoms with Crippen molar-refractivity contribution in [1.29, 1.82) is 0 Å². The molecule has 2 aromatic carbocycles. The lowest BCUT2D eigenvalue weighted by Crippen LogP contribution is -2.06. The second-order valence-corrected chi connectivity index (χ2v) is 8.77. The molecule has 30 heavy (non-hydrogen) atoms. The van der Waals surface area contributed by atoms with Crippen LogP contribution in [0.3, 0.4) is 0 Å². The molecule has 4 aromatic rings. The van der Waals surface area contributed by atoms with Crippen molar-refractivity contribution in [3.05, 3.63) is 87.3 Å². The fourth-order valence-electron chi connectivity index (χ4n) is 2.97. The zero-order valence-corrected chi connectivity index (χ0v) is 18.5. The molecule has 5 nitrogen and oxygen atoms in total. The van der Waals surface area contributed by atoms with E-state index in [1.807, 2.05) is 46.3 Å². The average Bonchev–Trinajstić information content (AvgIpc) is 3.43. The number of thiophene rings is 1. The van der Waals surface area contributed by atoms with Gasteiger partial charge in [-0.2, -0.15) is 0 Å². The molecule has 0 radical (unpaired) electrons. The standard InChI is InChI=1S/C22H18ClN3O2S2/c1-28-20-10-9-15(12-18(20)23)19(27)14-30-22-25-24-21(13-17-8-5-11-29-17)26(22)16-6-3-2-4-7-16/h2-12H,13-14H2,1H3. The molecule has 0 amide bonds. The molecule has 0 aliphatic rings. The Morgan fingerprint density at radius 2 is 1.97 bits per heavy atom. The average molecular weight is 456 g/mol. The van der Waals surface area contributed by atoms with E-state index in [9.17, 15) is 4.79 Å². The minimum Gasteiger partial charge on any atom is -0.495 e. The zero-order valence-electron chi connectivity index (χ0n) is 16.1. The predicted molar refractivity (Wildman–Crippen MR) is 122 cm³/mol. The highest BCUT2D eigenvalue weighted by Crippen LogP contribution is 2.28. The fourth-order valence-corrected chi connectivity index (χ4v) is 4.79. The van der Waals surface area contributed by atoms with E-state index in [4.69, 9.17) is 16.3 Å². The van der Waals surface area contributed by atoms with Crippen LogP contribution in [0, 0.1) is 0 Å². The van der Waals surface area contributed by atoms with Gasteiger partial charge in [-0.15, -0.1) is 21.5 Å². The molecule has 8 heteroatoms. The number of benzene rings is 2. The number of nitrogens with zero attached hydrogens (tertiary/aromatic N) is 3. The molecule has 0 fully saturated rings. The number of hydrogen-bond donors (Lipinski definition) is 0. The Bertz CT molecular complexity index is 1140. The van der Waals surface area contributed by atoms with Gasteiger partial charge in [-0.25, -0.2) is 0 Å². The minimum absolute atomic E-state index is 0.0352.